The van der Waals surface area contributed by atoms with E-state index < -0.39 is 11.6 Å². The summed E-state index contributed by atoms with van der Waals surface area (Å²) < 4.78 is 32.1. The van der Waals surface area contributed by atoms with Gasteiger partial charge in [-0.05, 0) is 66.8 Å². The van der Waals surface area contributed by atoms with Gasteiger partial charge in [0.25, 0.3) is 0 Å². The van der Waals surface area contributed by atoms with E-state index in [9.17, 15) is 9.65 Å². The van der Waals surface area contributed by atoms with E-state index in [1.807, 2.05) is 38.1 Å². The van der Waals surface area contributed by atoms with Crippen LogP contribution in [0, 0.1) is 20.7 Å². The number of rotatable bonds is 6. The molecule has 1 N–H and O–H groups in total. The molecule has 27 heavy (non-hydrogen) atoms. The van der Waals surface area contributed by atoms with Crippen molar-refractivity contribution >= 4 is 34.0 Å². The van der Waals surface area contributed by atoms with Crippen molar-refractivity contribution in [2.24, 2.45) is 0 Å². The van der Waals surface area contributed by atoms with Crippen LogP contribution < -0.4 is 10.1 Å². The van der Waals surface area contributed by atoms with Crippen molar-refractivity contribution in [2.75, 3.05) is 18.5 Å². The molecule has 142 valence electrons. The van der Waals surface area contributed by atoms with Gasteiger partial charge in [-0.1, -0.05) is 0 Å². The van der Waals surface area contributed by atoms with Crippen LogP contribution in [0.5, 0.6) is 5.75 Å². The third-order valence-electron chi connectivity index (χ3n) is 4.07. The molecule has 0 spiro atoms. The molecule has 1 heterocycles. The number of benzene rings is 2. The molecule has 0 aromatic heterocycles. The number of hydrogen-bond acceptors (Lipinski definition) is 5. The zero-order valence-electron chi connectivity index (χ0n) is 15.1. The largest absolute Gasteiger partial charge is 0.492 e. The molecule has 2 aromatic rings. The number of nitrogens with one attached hydrogen (secondary N) is 1. The van der Waals surface area contributed by atoms with E-state index in [0.29, 0.717) is 25.3 Å². The maximum atomic E-state index is 14.1. The number of nitrogens with zero attached hydrogens (tertiary/aromatic N) is 1. The predicted octanol–water partition coefficient (Wildman–Crippen LogP) is 4.97. The van der Waals surface area contributed by atoms with Gasteiger partial charge in [-0.2, -0.15) is 5.26 Å². The average molecular weight is 482 g/mol. The van der Waals surface area contributed by atoms with Crippen molar-refractivity contribution in [1.82, 2.24) is 0 Å². The lowest BCUT2D eigenvalue weighted by Gasteiger charge is -2.17. The van der Waals surface area contributed by atoms with E-state index in [1.165, 1.54) is 12.1 Å². The van der Waals surface area contributed by atoms with Gasteiger partial charge in [-0.3, -0.25) is 0 Å². The first-order chi connectivity index (χ1) is 12.9. The lowest BCUT2D eigenvalue weighted by Crippen LogP contribution is -2.22. The summed E-state index contributed by atoms with van der Waals surface area (Å²) in [4.78, 5) is 0. The van der Waals surface area contributed by atoms with E-state index in [1.54, 1.807) is 0 Å². The summed E-state index contributed by atoms with van der Waals surface area (Å²) in [5.41, 5.74) is 1.40. The van der Waals surface area contributed by atoms with Gasteiger partial charge in [0.1, 0.15) is 23.2 Å². The van der Waals surface area contributed by atoms with Crippen LogP contribution in [-0.2, 0) is 9.47 Å². The second kappa shape index (κ2) is 8.42. The second-order valence-corrected chi connectivity index (χ2v) is 7.90. The van der Waals surface area contributed by atoms with Crippen LogP contribution in [-0.4, -0.2) is 25.1 Å². The molecule has 1 saturated heterocycles. The van der Waals surface area contributed by atoms with Crippen molar-refractivity contribution in [2.45, 2.75) is 32.2 Å². The van der Waals surface area contributed by atoms with Gasteiger partial charge in [-0.25, -0.2) is 4.39 Å². The molecule has 2 aromatic carbocycles. The highest BCUT2D eigenvalue weighted by Gasteiger charge is 2.32. The molecule has 5 nitrogen and oxygen atoms in total. The van der Waals surface area contributed by atoms with Crippen LogP contribution in [0.15, 0.2) is 36.4 Å². The van der Waals surface area contributed by atoms with E-state index >= 15 is 0 Å². The third kappa shape index (κ3) is 5.31. The molecule has 1 unspecified atom stereocenters. The molecule has 3 rings (SSSR count). The zero-order valence-corrected chi connectivity index (χ0v) is 17.2. The molecular formula is C20H20FIN2O3. The van der Waals surface area contributed by atoms with Gasteiger partial charge < -0.3 is 19.5 Å². The normalized spacial score (nSPS) is 18.1. The van der Waals surface area contributed by atoms with Crippen LogP contribution in [0.1, 0.15) is 25.8 Å². The molecule has 1 fully saturated rings. The fourth-order valence-corrected chi connectivity index (χ4v) is 3.16. The highest BCUT2D eigenvalue weighted by Crippen LogP contribution is 2.31. The Kier molecular flexibility index (Phi) is 6.19. The van der Waals surface area contributed by atoms with Gasteiger partial charge in [0.05, 0.1) is 25.0 Å². The molecule has 0 saturated carbocycles. The molecular weight excluding hydrogens is 462 g/mol. The lowest BCUT2D eigenvalue weighted by atomic mass is 10.1. The summed E-state index contributed by atoms with van der Waals surface area (Å²) in [6.07, 6.45) is 0.508. The van der Waals surface area contributed by atoms with Crippen LogP contribution in [0.25, 0.3) is 0 Å². The second-order valence-electron chi connectivity index (χ2n) is 6.66. The van der Waals surface area contributed by atoms with Crippen molar-refractivity contribution < 1.29 is 18.6 Å². The van der Waals surface area contributed by atoms with E-state index in [0.717, 1.165) is 9.26 Å². The van der Waals surface area contributed by atoms with Crippen molar-refractivity contribution in [3.8, 4) is 11.8 Å². The predicted molar refractivity (Wildman–Crippen MR) is 109 cm³/mol. The first-order valence-electron chi connectivity index (χ1n) is 8.57. The minimum Gasteiger partial charge on any atom is -0.492 e. The van der Waals surface area contributed by atoms with Crippen molar-refractivity contribution in [1.29, 1.82) is 5.26 Å². The molecule has 1 atom stereocenters. The summed E-state index contributed by atoms with van der Waals surface area (Å²) in [6, 6.07) is 12.2. The van der Waals surface area contributed by atoms with Gasteiger partial charge in [0.15, 0.2) is 5.79 Å². The maximum Gasteiger partial charge on any atom is 0.163 e. The van der Waals surface area contributed by atoms with Gasteiger partial charge in [0, 0.05) is 21.7 Å². The number of halogens is 2. The Bertz CT molecular complexity index is 850. The quantitative estimate of drug-likeness (QED) is 0.590. The summed E-state index contributed by atoms with van der Waals surface area (Å²) in [5, 5.41) is 12.6. The Labute approximate surface area is 171 Å². The summed E-state index contributed by atoms with van der Waals surface area (Å²) >= 11 is 2.21. The van der Waals surface area contributed by atoms with E-state index in [2.05, 4.69) is 34.0 Å². The Morgan fingerprint density at radius 3 is 2.70 bits per heavy atom. The fourth-order valence-electron chi connectivity index (χ4n) is 2.80. The highest BCUT2D eigenvalue weighted by atomic mass is 127. The molecule has 0 bridgehead atoms. The third-order valence-corrected chi connectivity index (χ3v) is 4.79. The molecule has 7 heteroatoms. The molecule has 0 amide bonds. The van der Waals surface area contributed by atoms with E-state index in [4.69, 9.17) is 14.2 Å². The van der Waals surface area contributed by atoms with Crippen LogP contribution in [0.4, 0.5) is 15.8 Å². The monoisotopic (exact) mass is 482 g/mol. The number of hydrogen-bond donors (Lipinski definition) is 1. The fraction of sp³-hybridized carbons (Fsp3) is 0.350. The first-order valence-corrected chi connectivity index (χ1v) is 9.65. The zero-order chi connectivity index (χ0) is 19.4. The maximum absolute atomic E-state index is 14.1. The van der Waals surface area contributed by atoms with Crippen LogP contribution in [0.3, 0.4) is 0 Å². The smallest absolute Gasteiger partial charge is 0.163 e. The van der Waals surface area contributed by atoms with Crippen molar-refractivity contribution in [3.63, 3.8) is 0 Å². The van der Waals surface area contributed by atoms with Crippen molar-refractivity contribution in [3.05, 3.63) is 51.3 Å². The molecule has 0 radical (unpaired) electrons. The van der Waals surface area contributed by atoms with E-state index in [-0.39, 0.29) is 17.4 Å². The number of nitriles is 1. The Morgan fingerprint density at radius 2 is 2.07 bits per heavy atom. The van der Waals surface area contributed by atoms with Gasteiger partial charge in [0.2, 0.25) is 0 Å². The lowest BCUT2D eigenvalue weighted by molar-refractivity contribution is -0.139. The number of anilines is 2. The first kappa shape index (κ1) is 19.9. The Balaban J connectivity index is 1.70. The average Bonchev–Trinajstić information content (AvgIpc) is 2.96. The summed E-state index contributed by atoms with van der Waals surface area (Å²) in [6.45, 7) is 4.50. The molecule has 1 aliphatic heterocycles. The van der Waals surface area contributed by atoms with Gasteiger partial charge >= 0.3 is 0 Å². The Hall–Kier alpha value is -1.89. The summed E-state index contributed by atoms with van der Waals surface area (Å²) in [5.74, 6) is -0.853. The SMILES string of the molecule is CC1(C)OCC(CCOc2cc(F)cc(Nc3ccc(I)cc3)c2C#N)O1. The molecule has 0 aliphatic carbocycles. The van der Waals surface area contributed by atoms with Crippen LogP contribution in [0.2, 0.25) is 0 Å². The number of ether oxygens (including phenoxy) is 3. The minimum absolute atomic E-state index is 0.0801. The minimum atomic E-state index is -0.591. The summed E-state index contributed by atoms with van der Waals surface area (Å²) in [7, 11) is 0. The molecule has 1 aliphatic rings. The topological polar surface area (TPSA) is 63.5 Å². The van der Waals surface area contributed by atoms with Crippen LogP contribution >= 0.6 is 22.6 Å². The standard InChI is InChI=1S/C20H20FIN2O3/c1-20(2)26-12-16(27-20)7-8-25-19-10-13(21)9-18(17(19)11-23)24-15-5-3-14(22)4-6-15/h3-6,9-10,16,24H,7-8,12H2,1-2H3. The highest BCUT2D eigenvalue weighted by molar-refractivity contribution is 14.1. The van der Waals surface area contributed by atoms with Gasteiger partial charge in [-0.15, -0.1) is 0 Å². The Morgan fingerprint density at radius 1 is 1.33 bits per heavy atom.